The topological polar surface area (TPSA) is 24.9 Å². The highest BCUT2D eigenvalue weighted by molar-refractivity contribution is 7.10. The van der Waals surface area contributed by atoms with Gasteiger partial charge in [-0.15, -0.1) is 22.7 Å². The Morgan fingerprint density at radius 3 is 2.93 bits per heavy atom. The minimum Gasteiger partial charge on any atom is -0.307 e. The molecule has 0 amide bonds. The molecule has 2 aromatic rings. The second-order valence-electron chi connectivity index (χ2n) is 2.77. The summed E-state index contributed by atoms with van der Waals surface area (Å²) < 4.78 is 0. The van der Waals surface area contributed by atoms with Crippen LogP contribution in [0.15, 0.2) is 22.3 Å². The molecule has 2 rings (SSSR count). The molecule has 1 atom stereocenters. The zero-order valence-corrected chi connectivity index (χ0v) is 9.92. The minimum atomic E-state index is 0.119. The van der Waals surface area contributed by atoms with Gasteiger partial charge in [-0.2, -0.15) is 0 Å². The predicted molar refractivity (Wildman–Crippen MR) is 62.3 cm³/mol. The minimum absolute atomic E-state index is 0.119. The Morgan fingerprint density at radius 1 is 1.57 bits per heavy atom. The van der Waals surface area contributed by atoms with Crippen LogP contribution in [0.5, 0.6) is 0 Å². The van der Waals surface area contributed by atoms with Crippen molar-refractivity contribution in [1.82, 2.24) is 10.3 Å². The smallest absolute Gasteiger partial charge is 0.0866 e. The van der Waals surface area contributed by atoms with Gasteiger partial charge in [0.1, 0.15) is 0 Å². The molecule has 0 aliphatic carbocycles. The predicted octanol–water partition coefficient (Wildman–Crippen LogP) is 3.17. The summed E-state index contributed by atoms with van der Waals surface area (Å²) in [6.45, 7) is 0. The molecule has 0 saturated heterocycles. The monoisotopic (exact) mass is 244 g/mol. The van der Waals surface area contributed by atoms with Gasteiger partial charge in [0.15, 0.2) is 0 Å². The van der Waals surface area contributed by atoms with Gasteiger partial charge in [-0.1, -0.05) is 11.6 Å². The molecule has 0 saturated carbocycles. The standard InChI is InChI=1S/C9H9ClN2S2/c1-11-8(7-4-13-5-12-7)9-6(10)2-3-14-9/h2-5,8,11H,1H3. The van der Waals surface area contributed by atoms with Crippen LogP contribution >= 0.6 is 34.3 Å². The van der Waals surface area contributed by atoms with Crippen molar-refractivity contribution in [3.05, 3.63) is 37.9 Å². The van der Waals surface area contributed by atoms with E-state index in [0.717, 1.165) is 15.6 Å². The van der Waals surface area contributed by atoms with Crippen LogP contribution in [0.25, 0.3) is 0 Å². The number of thiazole rings is 1. The number of nitrogens with one attached hydrogen (secondary N) is 1. The van der Waals surface area contributed by atoms with Crippen LogP contribution in [0.3, 0.4) is 0 Å². The summed E-state index contributed by atoms with van der Waals surface area (Å²) in [4.78, 5) is 5.41. The molecule has 1 unspecified atom stereocenters. The molecule has 0 aliphatic rings. The van der Waals surface area contributed by atoms with E-state index in [9.17, 15) is 0 Å². The highest BCUT2D eigenvalue weighted by Gasteiger charge is 2.17. The summed E-state index contributed by atoms with van der Waals surface area (Å²) in [6.07, 6.45) is 0. The molecule has 2 heterocycles. The lowest BCUT2D eigenvalue weighted by Gasteiger charge is -2.12. The first kappa shape index (κ1) is 10.1. The lowest BCUT2D eigenvalue weighted by molar-refractivity contribution is 0.687. The number of aromatic nitrogens is 1. The average Bonchev–Trinajstić information content (AvgIpc) is 2.80. The van der Waals surface area contributed by atoms with Gasteiger partial charge in [0.25, 0.3) is 0 Å². The molecule has 14 heavy (non-hydrogen) atoms. The molecular formula is C9H9ClN2S2. The van der Waals surface area contributed by atoms with Crippen LogP contribution in [0, 0.1) is 0 Å². The molecule has 0 bridgehead atoms. The van der Waals surface area contributed by atoms with Crippen LogP contribution in [0.1, 0.15) is 16.6 Å². The van der Waals surface area contributed by atoms with Crippen LogP contribution in [0.2, 0.25) is 5.02 Å². The largest absolute Gasteiger partial charge is 0.307 e. The number of halogens is 1. The molecule has 2 aromatic heterocycles. The second kappa shape index (κ2) is 4.40. The summed E-state index contributed by atoms with van der Waals surface area (Å²) in [6, 6.07) is 2.03. The Hall–Kier alpha value is -0.420. The number of hydrogen-bond donors (Lipinski definition) is 1. The lowest BCUT2D eigenvalue weighted by Crippen LogP contribution is -2.16. The Kier molecular flexibility index (Phi) is 3.18. The third-order valence-corrected chi connectivity index (χ3v) is 3.97. The summed E-state index contributed by atoms with van der Waals surface area (Å²) >= 11 is 9.32. The molecule has 2 nitrogen and oxygen atoms in total. The van der Waals surface area contributed by atoms with Crippen LogP contribution in [-0.4, -0.2) is 12.0 Å². The first-order chi connectivity index (χ1) is 6.83. The van der Waals surface area contributed by atoms with Gasteiger partial charge in [0.05, 0.1) is 22.3 Å². The van der Waals surface area contributed by atoms with Crippen molar-refractivity contribution < 1.29 is 0 Å². The molecule has 0 aromatic carbocycles. The maximum atomic E-state index is 6.08. The average molecular weight is 245 g/mol. The van der Waals surface area contributed by atoms with Gasteiger partial charge in [-0.05, 0) is 18.5 Å². The quantitative estimate of drug-likeness (QED) is 0.897. The maximum absolute atomic E-state index is 6.08. The van der Waals surface area contributed by atoms with Crippen LogP contribution in [-0.2, 0) is 0 Å². The molecule has 0 fully saturated rings. The Balaban J connectivity index is 2.36. The van der Waals surface area contributed by atoms with Gasteiger partial charge < -0.3 is 5.32 Å². The fourth-order valence-electron chi connectivity index (χ4n) is 1.29. The second-order valence-corrected chi connectivity index (χ2v) is 4.84. The van der Waals surface area contributed by atoms with Gasteiger partial charge in [-0.3, -0.25) is 0 Å². The van der Waals surface area contributed by atoms with E-state index in [1.165, 1.54) is 0 Å². The fraction of sp³-hybridized carbons (Fsp3) is 0.222. The van der Waals surface area contributed by atoms with Crippen molar-refractivity contribution >= 4 is 34.3 Å². The summed E-state index contributed by atoms with van der Waals surface area (Å²) in [5.74, 6) is 0. The molecule has 0 radical (unpaired) electrons. The lowest BCUT2D eigenvalue weighted by atomic mass is 10.2. The van der Waals surface area contributed by atoms with Crippen LogP contribution < -0.4 is 5.32 Å². The van der Waals surface area contributed by atoms with Gasteiger partial charge in [-0.25, -0.2) is 4.98 Å². The SMILES string of the molecule is CNC(c1cscn1)c1sccc1Cl. The third kappa shape index (κ3) is 1.83. The van der Waals surface area contributed by atoms with E-state index in [-0.39, 0.29) is 6.04 Å². The first-order valence-corrected chi connectivity index (χ1v) is 6.31. The summed E-state index contributed by atoms with van der Waals surface area (Å²) in [7, 11) is 1.92. The van der Waals surface area contributed by atoms with E-state index < -0.39 is 0 Å². The number of rotatable bonds is 3. The fourth-order valence-corrected chi connectivity index (χ4v) is 3.16. The van der Waals surface area contributed by atoms with Crippen molar-refractivity contribution in [3.63, 3.8) is 0 Å². The molecule has 5 heteroatoms. The highest BCUT2D eigenvalue weighted by Crippen LogP contribution is 2.32. The van der Waals surface area contributed by atoms with Crippen LogP contribution in [0.4, 0.5) is 0 Å². The van der Waals surface area contributed by atoms with Gasteiger partial charge >= 0.3 is 0 Å². The highest BCUT2D eigenvalue weighted by atomic mass is 35.5. The summed E-state index contributed by atoms with van der Waals surface area (Å²) in [5, 5.41) is 8.06. The van der Waals surface area contributed by atoms with E-state index in [1.807, 2.05) is 29.4 Å². The Bertz CT molecular complexity index is 397. The van der Waals surface area contributed by atoms with Crippen molar-refractivity contribution in [1.29, 1.82) is 0 Å². The molecule has 1 N–H and O–H groups in total. The van der Waals surface area contributed by atoms with E-state index >= 15 is 0 Å². The van der Waals surface area contributed by atoms with Gasteiger partial charge in [0.2, 0.25) is 0 Å². The normalized spacial score (nSPS) is 13.0. The maximum Gasteiger partial charge on any atom is 0.0866 e. The van der Waals surface area contributed by atoms with Crippen molar-refractivity contribution in [2.75, 3.05) is 7.05 Å². The Morgan fingerprint density at radius 2 is 2.43 bits per heavy atom. The van der Waals surface area contributed by atoms with Crippen molar-refractivity contribution in [2.24, 2.45) is 0 Å². The molecular weight excluding hydrogens is 236 g/mol. The Labute approximate surface area is 95.6 Å². The summed E-state index contributed by atoms with van der Waals surface area (Å²) in [5.41, 5.74) is 2.86. The zero-order valence-electron chi connectivity index (χ0n) is 7.53. The van der Waals surface area contributed by atoms with E-state index in [1.54, 1.807) is 22.7 Å². The van der Waals surface area contributed by atoms with Crippen molar-refractivity contribution in [2.45, 2.75) is 6.04 Å². The van der Waals surface area contributed by atoms with E-state index in [2.05, 4.69) is 10.3 Å². The van der Waals surface area contributed by atoms with E-state index in [0.29, 0.717) is 0 Å². The van der Waals surface area contributed by atoms with E-state index in [4.69, 9.17) is 11.6 Å². The number of hydrogen-bond acceptors (Lipinski definition) is 4. The number of nitrogens with zero attached hydrogens (tertiary/aromatic N) is 1. The zero-order chi connectivity index (χ0) is 9.97. The molecule has 0 aliphatic heterocycles. The molecule has 0 spiro atoms. The van der Waals surface area contributed by atoms with Crippen molar-refractivity contribution in [3.8, 4) is 0 Å². The number of thiophene rings is 1. The third-order valence-electron chi connectivity index (χ3n) is 1.94. The molecule has 74 valence electrons. The van der Waals surface area contributed by atoms with Gasteiger partial charge in [0, 0.05) is 10.3 Å². The first-order valence-electron chi connectivity index (χ1n) is 4.11.